The van der Waals surface area contributed by atoms with Gasteiger partial charge in [-0.05, 0) is 54.7 Å². The average molecular weight is 516 g/mol. The fraction of sp³-hybridized carbons (Fsp3) is 0.333. The van der Waals surface area contributed by atoms with Gasteiger partial charge in [0.25, 0.3) is 5.91 Å². The maximum absolute atomic E-state index is 13.8. The summed E-state index contributed by atoms with van der Waals surface area (Å²) in [5.41, 5.74) is 5.05. The third-order valence-corrected chi connectivity index (χ3v) is 8.01. The van der Waals surface area contributed by atoms with Crippen LogP contribution in [0.2, 0.25) is 0 Å². The number of aryl methyl sites for hydroxylation is 1. The number of amides is 1. The number of carbonyl (C=O) groups is 1. The van der Waals surface area contributed by atoms with E-state index in [9.17, 15) is 4.79 Å². The Bertz CT molecular complexity index is 1330. The predicted molar refractivity (Wildman–Crippen MR) is 150 cm³/mol. The first-order chi connectivity index (χ1) is 18.1. The normalized spacial score (nSPS) is 14.1. The molecule has 1 saturated heterocycles. The molecular weight excluding hydrogens is 482 g/mol. The van der Waals surface area contributed by atoms with E-state index in [1.807, 2.05) is 35.2 Å². The molecule has 2 heterocycles. The zero-order valence-corrected chi connectivity index (χ0v) is 22.3. The lowest BCUT2D eigenvalue weighted by atomic mass is 10.0. The molecular formula is C30H33N3O3S. The molecule has 0 spiro atoms. The van der Waals surface area contributed by atoms with Gasteiger partial charge in [-0.1, -0.05) is 59.9 Å². The molecule has 0 radical (unpaired) electrons. The number of carbonyl (C=O) groups excluding carboxylic acids is 1. The number of fused-ring (bicyclic) bond motifs is 1. The first-order valence-electron chi connectivity index (χ1n) is 12.8. The maximum Gasteiger partial charge on any atom is 0.260 e. The minimum Gasteiger partial charge on any atom is -0.494 e. The second-order valence-corrected chi connectivity index (χ2v) is 10.4. The van der Waals surface area contributed by atoms with Crippen molar-refractivity contribution >= 4 is 32.6 Å². The number of ether oxygens (including phenoxy) is 2. The standard InChI is InChI=1S/C30H33N3O3S/c1-22-9-14-26(35-2)27-28(22)37-30(31-27)33(16-6-15-32-17-19-36-20-18-32)29(34)25-12-10-24(11-13-25)21-23-7-4-3-5-8-23/h3-5,7-14H,6,15-21H2,1-2H3. The van der Waals surface area contributed by atoms with E-state index in [-0.39, 0.29) is 5.91 Å². The third-order valence-electron chi connectivity index (χ3n) is 6.80. The van der Waals surface area contributed by atoms with Crippen molar-refractivity contribution in [2.45, 2.75) is 19.8 Å². The van der Waals surface area contributed by atoms with Crippen molar-refractivity contribution in [2.24, 2.45) is 0 Å². The predicted octanol–water partition coefficient (Wildman–Crippen LogP) is 5.57. The molecule has 0 unspecified atom stereocenters. The summed E-state index contributed by atoms with van der Waals surface area (Å²) in [7, 11) is 1.66. The van der Waals surface area contributed by atoms with Gasteiger partial charge >= 0.3 is 0 Å². The fourth-order valence-corrected chi connectivity index (χ4v) is 5.77. The summed E-state index contributed by atoms with van der Waals surface area (Å²) < 4.78 is 12.1. The number of hydrogen-bond acceptors (Lipinski definition) is 6. The van der Waals surface area contributed by atoms with Crippen LogP contribution in [0.15, 0.2) is 66.7 Å². The Morgan fingerprint density at radius 1 is 1.03 bits per heavy atom. The lowest BCUT2D eigenvalue weighted by Gasteiger charge is -2.27. The fourth-order valence-electron chi connectivity index (χ4n) is 4.69. The minimum absolute atomic E-state index is 0.0242. The van der Waals surface area contributed by atoms with Gasteiger partial charge in [0.15, 0.2) is 5.13 Å². The summed E-state index contributed by atoms with van der Waals surface area (Å²) in [5, 5.41) is 0.711. The lowest BCUT2D eigenvalue weighted by molar-refractivity contribution is 0.0376. The van der Waals surface area contributed by atoms with Crippen molar-refractivity contribution in [3.05, 3.63) is 89.0 Å². The van der Waals surface area contributed by atoms with Crippen LogP contribution in [0.3, 0.4) is 0 Å². The van der Waals surface area contributed by atoms with Crippen LogP contribution in [0.4, 0.5) is 5.13 Å². The number of anilines is 1. The van der Waals surface area contributed by atoms with Gasteiger partial charge in [0.2, 0.25) is 0 Å². The molecule has 4 aromatic rings. The number of aromatic nitrogens is 1. The van der Waals surface area contributed by atoms with Gasteiger partial charge in [0.05, 0.1) is 25.0 Å². The van der Waals surface area contributed by atoms with Crippen molar-refractivity contribution in [3.8, 4) is 5.75 Å². The molecule has 0 bridgehead atoms. The number of hydrogen-bond donors (Lipinski definition) is 0. The second kappa shape index (κ2) is 11.9. The topological polar surface area (TPSA) is 54.9 Å². The Hall–Kier alpha value is -3.26. The highest BCUT2D eigenvalue weighted by molar-refractivity contribution is 7.22. The summed E-state index contributed by atoms with van der Waals surface area (Å²) >= 11 is 1.56. The number of rotatable bonds is 9. The van der Waals surface area contributed by atoms with E-state index in [1.54, 1.807) is 18.4 Å². The number of benzene rings is 3. The lowest BCUT2D eigenvalue weighted by Crippen LogP contribution is -2.39. The molecule has 5 rings (SSSR count). The Labute approximate surface area is 222 Å². The van der Waals surface area contributed by atoms with Crippen LogP contribution >= 0.6 is 11.3 Å². The molecule has 0 aliphatic carbocycles. The quantitative estimate of drug-likeness (QED) is 0.292. The van der Waals surface area contributed by atoms with Gasteiger partial charge in [0, 0.05) is 31.7 Å². The molecule has 6 nitrogen and oxygen atoms in total. The molecule has 0 saturated carbocycles. The Kier molecular flexibility index (Phi) is 8.14. The van der Waals surface area contributed by atoms with Crippen LogP contribution < -0.4 is 9.64 Å². The van der Waals surface area contributed by atoms with Gasteiger partial charge in [-0.25, -0.2) is 4.98 Å². The van der Waals surface area contributed by atoms with E-state index in [2.05, 4.69) is 48.2 Å². The summed E-state index contributed by atoms with van der Waals surface area (Å²) in [4.78, 5) is 23.0. The SMILES string of the molecule is COc1ccc(C)c2sc(N(CCCN3CCOCC3)C(=O)c3ccc(Cc4ccccc4)cc3)nc12. The van der Waals surface area contributed by atoms with Crippen molar-refractivity contribution in [1.29, 1.82) is 0 Å². The van der Waals surface area contributed by atoms with Gasteiger partial charge in [-0.15, -0.1) is 0 Å². The molecule has 0 N–H and O–H groups in total. The smallest absolute Gasteiger partial charge is 0.260 e. The van der Waals surface area contributed by atoms with Gasteiger partial charge < -0.3 is 9.47 Å². The van der Waals surface area contributed by atoms with Crippen LogP contribution in [0.5, 0.6) is 5.75 Å². The van der Waals surface area contributed by atoms with Crippen LogP contribution in [0, 0.1) is 6.92 Å². The molecule has 1 aliphatic heterocycles. The zero-order valence-electron chi connectivity index (χ0n) is 21.5. The van der Waals surface area contributed by atoms with E-state index in [4.69, 9.17) is 14.5 Å². The summed E-state index contributed by atoms with van der Waals surface area (Å²) in [6.07, 6.45) is 1.71. The van der Waals surface area contributed by atoms with E-state index in [1.165, 1.54) is 11.1 Å². The molecule has 0 atom stereocenters. The molecule has 1 amide bonds. The van der Waals surface area contributed by atoms with Crippen LogP contribution in [0.25, 0.3) is 10.2 Å². The largest absolute Gasteiger partial charge is 0.494 e. The van der Waals surface area contributed by atoms with E-state index in [0.29, 0.717) is 17.2 Å². The average Bonchev–Trinajstić information content (AvgIpc) is 3.39. The first-order valence-corrected chi connectivity index (χ1v) is 13.6. The molecule has 3 aromatic carbocycles. The molecule has 1 aliphatic rings. The second-order valence-electron chi connectivity index (χ2n) is 9.38. The van der Waals surface area contributed by atoms with Gasteiger partial charge in [-0.2, -0.15) is 0 Å². The first kappa shape index (κ1) is 25.4. The Balaban J connectivity index is 1.39. The van der Waals surface area contributed by atoms with Crippen LogP contribution in [0.1, 0.15) is 33.5 Å². The molecule has 1 fully saturated rings. The maximum atomic E-state index is 13.8. The Morgan fingerprint density at radius 3 is 2.49 bits per heavy atom. The van der Waals surface area contributed by atoms with Crippen molar-refractivity contribution in [1.82, 2.24) is 9.88 Å². The highest BCUT2D eigenvalue weighted by atomic mass is 32.1. The zero-order chi connectivity index (χ0) is 25.6. The number of methoxy groups -OCH3 is 1. The highest BCUT2D eigenvalue weighted by Crippen LogP contribution is 2.37. The van der Waals surface area contributed by atoms with Gasteiger partial charge in [-0.3, -0.25) is 14.6 Å². The number of nitrogens with zero attached hydrogens (tertiary/aromatic N) is 3. The molecule has 7 heteroatoms. The van der Waals surface area contributed by atoms with Crippen molar-refractivity contribution in [2.75, 3.05) is 51.4 Å². The van der Waals surface area contributed by atoms with Crippen LogP contribution in [-0.2, 0) is 11.2 Å². The summed E-state index contributed by atoms with van der Waals surface area (Å²) in [6, 6.07) is 22.3. The van der Waals surface area contributed by atoms with E-state index >= 15 is 0 Å². The molecule has 192 valence electrons. The van der Waals surface area contributed by atoms with Crippen molar-refractivity contribution < 1.29 is 14.3 Å². The number of morpholine rings is 1. The van der Waals surface area contributed by atoms with E-state index in [0.717, 1.165) is 67.2 Å². The van der Waals surface area contributed by atoms with E-state index < -0.39 is 0 Å². The van der Waals surface area contributed by atoms with Gasteiger partial charge in [0.1, 0.15) is 11.3 Å². The summed E-state index contributed by atoms with van der Waals surface area (Å²) in [5.74, 6) is 0.706. The number of thiazole rings is 1. The Morgan fingerprint density at radius 2 is 1.76 bits per heavy atom. The highest BCUT2D eigenvalue weighted by Gasteiger charge is 2.23. The molecule has 1 aromatic heterocycles. The summed E-state index contributed by atoms with van der Waals surface area (Å²) in [6.45, 7) is 7.02. The minimum atomic E-state index is -0.0242. The monoisotopic (exact) mass is 515 g/mol. The molecule has 37 heavy (non-hydrogen) atoms. The third kappa shape index (κ3) is 6.01. The van der Waals surface area contributed by atoms with Crippen LogP contribution in [-0.4, -0.2) is 62.3 Å². The van der Waals surface area contributed by atoms with Crippen molar-refractivity contribution in [3.63, 3.8) is 0 Å².